The molecule has 3 nitrogen and oxygen atoms in total. The maximum Gasteiger partial charge on any atom is 0.122 e. The second-order valence-corrected chi connectivity index (χ2v) is 5.32. The van der Waals surface area contributed by atoms with Gasteiger partial charge < -0.3 is 15.4 Å². The topological polar surface area (TPSA) is 33.3 Å². The van der Waals surface area contributed by atoms with Crippen LogP contribution in [0, 0.1) is 0 Å². The van der Waals surface area contributed by atoms with Crippen molar-refractivity contribution in [3.63, 3.8) is 0 Å². The molecule has 0 atom stereocenters. The summed E-state index contributed by atoms with van der Waals surface area (Å²) in [5.41, 5.74) is 4.11. The van der Waals surface area contributed by atoms with Gasteiger partial charge in [0.15, 0.2) is 0 Å². The van der Waals surface area contributed by atoms with Gasteiger partial charge in [-0.05, 0) is 43.5 Å². The molecule has 98 valence electrons. The normalized spacial score (nSPS) is 19.6. The van der Waals surface area contributed by atoms with E-state index in [1.54, 1.807) is 7.11 Å². The number of anilines is 1. The van der Waals surface area contributed by atoms with E-state index in [0.29, 0.717) is 6.04 Å². The van der Waals surface area contributed by atoms with Crippen molar-refractivity contribution in [2.24, 2.45) is 0 Å². The van der Waals surface area contributed by atoms with Gasteiger partial charge in [0, 0.05) is 23.8 Å². The van der Waals surface area contributed by atoms with Gasteiger partial charge in [-0.2, -0.15) is 0 Å². The summed E-state index contributed by atoms with van der Waals surface area (Å²) in [4.78, 5) is 0. The summed E-state index contributed by atoms with van der Waals surface area (Å²) >= 11 is 0. The zero-order valence-corrected chi connectivity index (χ0v) is 11.1. The Morgan fingerprint density at radius 3 is 2.83 bits per heavy atom. The largest absolute Gasteiger partial charge is 0.496 e. The van der Waals surface area contributed by atoms with Crippen LogP contribution < -0.4 is 15.4 Å². The summed E-state index contributed by atoms with van der Waals surface area (Å²) in [5.74, 6) is 1.04. The third-order valence-electron chi connectivity index (χ3n) is 4.18. The summed E-state index contributed by atoms with van der Waals surface area (Å²) in [6.07, 6.45) is 6.43. The van der Waals surface area contributed by atoms with Gasteiger partial charge in [0.2, 0.25) is 0 Å². The molecule has 0 spiro atoms. The van der Waals surface area contributed by atoms with Crippen LogP contribution in [0.15, 0.2) is 12.1 Å². The van der Waals surface area contributed by atoms with Gasteiger partial charge in [0.25, 0.3) is 0 Å². The number of nitrogens with one attached hydrogen (secondary N) is 2. The van der Waals surface area contributed by atoms with Crippen molar-refractivity contribution < 1.29 is 4.74 Å². The van der Waals surface area contributed by atoms with E-state index in [1.807, 2.05) is 0 Å². The molecule has 1 fully saturated rings. The van der Waals surface area contributed by atoms with E-state index in [-0.39, 0.29) is 0 Å². The van der Waals surface area contributed by atoms with Crippen molar-refractivity contribution in [2.75, 3.05) is 19.0 Å². The van der Waals surface area contributed by atoms with Crippen LogP contribution in [0.2, 0.25) is 0 Å². The summed E-state index contributed by atoms with van der Waals surface area (Å²) in [6, 6.07) is 4.97. The van der Waals surface area contributed by atoms with E-state index in [4.69, 9.17) is 4.74 Å². The summed E-state index contributed by atoms with van der Waals surface area (Å²) < 4.78 is 5.48. The van der Waals surface area contributed by atoms with Crippen LogP contribution in [0.25, 0.3) is 0 Å². The van der Waals surface area contributed by atoms with E-state index in [0.717, 1.165) is 25.3 Å². The quantitative estimate of drug-likeness (QED) is 0.860. The first-order chi connectivity index (χ1) is 8.88. The average Bonchev–Trinajstić information content (AvgIpc) is 2.92. The minimum Gasteiger partial charge on any atom is -0.496 e. The molecule has 0 amide bonds. The van der Waals surface area contributed by atoms with Crippen LogP contribution in [-0.4, -0.2) is 19.7 Å². The Morgan fingerprint density at radius 1 is 1.22 bits per heavy atom. The molecule has 18 heavy (non-hydrogen) atoms. The Balaban J connectivity index is 1.89. The molecule has 0 radical (unpaired) electrons. The van der Waals surface area contributed by atoms with Gasteiger partial charge in [-0.15, -0.1) is 0 Å². The van der Waals surface area contributed by atoms with Crippen LogP contribution in [-0.2, 0) is 13.0 Å². The van der Waals surface area contributed by atoms with E-state index < -0.39 is 0 Å². The SMILES string of the molecule is COc1ccc(NC2CCCC2)c2c1CCNC2. The maximum absolute atomic E-state index is 5.48. The lowest BCUT2D eigenvalue weighted by atomic mass is 9.97. The first-order valence-corrected chi connectivity index (χ1v) is 7.04. The summed E-state index contributed by atoms with van der Waals surface area (Å²) in [5, 5.41) is 7.19. The Bertz CT molecular complexity index is 425. The van der Waals surface area contributed by atoms with Crippen molar-refractivity contribution in [3.05, 3.63) is 23.3 Å². The number of ether oxygens (including phenoxy) is 1. The first kappa shape index (κ1) is 11.8. The fourth-order valence-electron chi connectivity index (χ4n) is 3.19. The minimum absolute atomic E-state index is 0.671. The minimum atomic E-state index is 0.671. The zero-order chi connectivity index (χ0) is 12.4. The van der Waals surface area contributed by atoms with Gasteiger partial charge in [0.1, 0.15) is 5.75 Å². The van der Waals surface area contributed by atoms with Gasteiger partial charge in [0.05, 0.1) is 7.11 Å². The van der Waals surface area contributed by atoms with E-state index in [2.05, 4.69) is 22.8 Å². The molecule has 2 N–H and O–H groups in total. The number of hydrogen-bond acceptors (Lipinski definition) is 3. The molecule has 2 aliphatic rings. The highest BCUT2D eigenvalue weighted by Gasteiger charge is 2.20. The molecule has 0 saturated heterocycles. The summed E-state index contributed by atoms with van der Waals surface area (Å²) in [7, 11) is 1.77. The molecule has 1 aromatic rings. The molecule has 1 saturated carbocycles. The van der Waals surface area contributed by atoms with E-state index in [1.165, 1.54) is 42.5 Å². The smallest absolute Gasteiger partial charge is 0.122 e. The van der Waals surface area contributed by atoms with Crippen molar-refractivity contribution >= 4 is 5.69 Å². The summed E-state index contributed by atoms with van der Waals surface area (Å²) in [6.45, 7) is 2.01. The number of benzene rings is 1. The maximum atomic E-state index is 5.48. The molecule has 0 unspecified atom stereocenters. The number of rotatable bonds is 3. The number of fused-ring (bicyclic) bond motifs is 1. The van der Waals surface area contributed by atoms with Crippen LogP contribution in [0.1, 0.15) is 36.8 Å². The Morgan fingerprint density at radius 2 is 2.06 bits per heavy atom. The monoisotopic (exact) mass is 246 g/mol. The van der Waals surface area contributed by atoms with Crippen LogP contribution in [0.4, 0.5) is 5.69 Å². The number of hydrogen-bond donors (Lipinski definition) is 2. The molecular formula is C15H22N2O. The van der Waals surface area contributed by atoms with Gasteiger partial charge in [-0.3, -0.25) is 0 Å². The second kappa shape index (κ2) is 5.19. The molecule has 3 heteroatoms. The van der Waals surface area contributed by atoms with E-state index in [9.17, 15) is 0 Å². The highest BCUT2D eigenvalue weighted by molar-refractivity contribution is 5.60. The lowest BCUT2D eigenvalue weighted by molar-refractivity contribution is 0.406. The third kappa shape index (κ3) is 2.19. The molecule has 1 aliphatic carbocycles. The average molecular weight is 246 g/mol. The molecule has 3 rings (SSSR count). The van der Waals surface area contributed by atoms with Crippen molar-refractivity contribution in [3.8, 4) is 5.75 Å². The van der Waals surface area contributed by atoms with E-state index >= 15 is 0 Å². The molecule has 1 aliphatic heterocycles. The lowest BCUT2D eigenvalue weighted by Crippen LogP contribution is -2.26. The molecule has 1 aromatic carbocycles. The highest BCUT2D eigenvalue weighted by Crippen LogP contribution is 2.33. The number of methoxy groups -OCH3 is 1. The van der Waals surface area contributed by atoms with Crippen LogP contribution in [0.5, 0.6) is 5.75 Å². The highest BCUT2D eigenvalue weighted by atomic mass is 16.5. The van der Waals surface area contributed by atoms with Crippen LogP contribution >= 0.6 is 0 Å². The first-order valence-electron chi connectivity index (χ1n) is 7.04. The predicted molar refractivity (Wildman–Crippen MR) is 74.3 cm³/mol. The van der Waals surface area contributed by atoms with Crippen molar-refractivity contribution in [1.29, 1.82) is 0 Å². The van der Waals surface area contributed by atoms with Gasteiger partial charge in [-0.1, -0.05) is 12.8 Å². The predicted octanol–water partition coefficient (Wildman–Crippen LogP) is 2.70. The Kier molecular flexibility index (Phi) is 3.41. The van der Waals surface area contributed by atoms with Crippen LogP contribution in [0.3, 0.4) is 0 Å². The standard InChI is InChI=1S/C15H22N2O/c1-18-15-7-6-14(17-11-4-2-3-5-11)13-10-16-9-8-12(13)15/h6-7,11,16-17H,2-5,8-10H2,1H3. The zero-order valence-electron chi connectivity index (χ0n) is 11.1. The fraction of sp³-hybridized carbons (Fsp3) is 0.600. The van der Waals surface area contributed by atoms with Crippen molar-refractivity contribution in [1.82, 2.24) is 5.32 Å². The molecule has 0 bridgehead atoms. The molecule has 1 heterocycles. The molecular weight excluding hydrogens is 224 g/mol. The van der Waals surface area contributed by atoms with Gasteiger partial charge >= 0.3 is 0 Å². The van der Waals surface area contributed by atoms with Gasteiger partial charge in [-0.25, -0.2) is 0 Å². The Labute approximate surface area is 109 Å². The Hall–Kier alpha value is -1.22. The molecule has 0 aromatic heterocycles. The fourth-order valence-corrected chi connectivity index (χ4v) is 3.19. The lowest BCUT2D eigenvalue weighted by Gasteiger charge is -2.25. The van der Waals surface area contributed by atoms with Crippen molar-refractivity contribution in [2.45, 2.75) is 44.7 Å². The second-order valence-electron chi connectivity index (χ2n) is 5.32. The third-order valence-corrected chi connectivity index (χ3v) is 4.18.